The van der Waals surface area contributed by atoms with E-state index in [1.54, 1.807) is 13.8 Å². The molecule has 0 aromatic heterocycles. The van der Waals surface area contributed by atoms with Gasteiger partial charge in [-0.15, -0.1) is 0 Å². The second kappa shape index (κ2) is 6.13. The first kappa shape index (κ1) is 17.0. The summed E-state index contributed by atoms with van der Waals surface area (Å²) in [4.78, 5) is 12.0. The van der Waals surface area contributed by atoms with E-state index in [4.69, 9.17) is 0 Å². The molecule has 0 spiro atoms. The van der Waals surface area contributed by atoms with Gasteiger partial charge in [0.1, 0.15) is 0 Å². The van der Waals surface area contributed by atoms with Gasteiger partial charge in [-0.1, -0.05) is 22.9 Å². The average molecular weight is 354 g/mol. The number of nitrogens with one attached hydrogen (secondary N) is 1. The fourth-order valence-electron chi connectivity index (χ4n) is 1.47. The minimum Gasteiger partial charge on any atom is -0.394 e. The van der Waals surface area contributed by atoms with Crippen LogP contribution in [0.4, 0.5) is 13.2 Å². The Kier molecular flexibility index (Phi) is 5.21. The minimum atomic E-state index is -4.54. The largest absolute Gasteiger partial charge is 0.417 e. The van der Waals surface area contributed by atoms with Crippen molar-refractivity contribution in [2.45, 2.75) is 32.0 Å². The van der Waals surface area contributed by atoms with Gasteiger partial charge in [-0.25, -0.2) is 0 Å². The molecule has 20 heavy (non-hydrogen) atoms. The summed E-state index contributed by atoms with van der Waals surface area (Å²) in [6, 6.07) is 3.26. The van der Waals surface area contributed by atoms with Crippen molar-refractivity contribution < 1.29 is 23.1 Å². The molecule has 0 fully saturated rings. The smallest absolute Gasteiger partial charge is 0.394 e. The third-order valence-electron chi connectivity index (χ3n) is 3.08. The first-order valence-electron chi connectivity index (χ1n) is 5.93. The Morgan fingerprint density at radius 3 is 2.45 bits per heavy atom. The van der Waals surface area contributed by atoms with Crippen LogP contribution >= 0.6 is 15.9 Å². The SMILES string of the molecule is CCC(C)(CO)NC(=O)c1ccc(Br)c(C(F)(F)F)c1. The maximum absolute atomic E-state index is 12.8. The van der Waals surface area contributed by atoms with Crippen LogP contribution < -0.4 is 5.32 Å². The maximum Gasteiger partial charge on any atom is 0.417 e. The van der Waals surface area contributed by atoms with Crippen molar-refractivity contribution in [1.82, 2.24) is 5.32 Å². The molecule has 0 aliphatic rings. The van der Waals surface area contributed by atoms with Crippen molar-refractivity contribution >= 4 is 21.8 Å². The van der Waals surface area contributed by atoms with Crippen LogP contribution in [0.3, 0.4) is 0 Å². The van der Waals surface area contributed by atoms with Gasteiger partial charge in [0.05, 0.1) is 17.7 Å². The van der Waals surface area contributed by atoms with E-state index in [0.717, 1.165) is 6.07 Å². The monoisotopic (exact) mass is 353 g/mol. The number of alkyl halides is 3. The van der Waals surface area contributed by atoms with Crippen LogP contribution in [0.25, 0.3) is 0 Å². The van der Waals surface area contributed by atoms with E-state index in [0.29, 0.717) is 6.42 Å². The molecule has 1 aromatic carbocycles. The standard InChI is InChI=1S/C13H15BrF3NO2/c1-3-12(2,7-19)18-11(20)8-4-5-10(14)9(6-8)13(15,16)17/h4-6,19H,3,7H2,1-2H3,(H,18,20). The molecular formula is C13H15BrF3NO2. The number of aliphatic hydroxyl groups is 1. The van der Waals surface area contributed by atoms with E-state index < -0.39 is 23.2 Å². The Hall–Kier alpha value is -1.08. The summed E-state index contributed by atoms with van der Waals surface area (Å²) in [7, 11) is 0. The lowest BCUT2D eigenvalue weighted by Gasteiger charge is -2.27. The van der Waals surface area contributed by atoms with Crippen LogP contribution in [-0.2, 0) is 6.18 Å². The van der Waals surface area contributed by atoms with Crippen LogP contribution in [0.2, 0.25) is 0 Å². The number of hydrogen-bond acceptors (Lipinski definition) is 2. The predicted octanol–water partition coefficient (Wildman–Crippen LogP) is 3.36. The maximum atomic E-state index is 12.8. The summed E-state index contributed by atoms with van der Waals surface area (Å²) in [5.74, 6) is -0.651. The fourth-order valence-corrected chi connectivity index (χ4v) is 1.94. The molecule has 1 aromatic rings. The Balaban J connectivity index is 3.07. The zero-order chi connectivity index (χ0) is 15.6. The summed E-state index contributed by atoms with van der Waals surface area (Å²) in [6.07, 6.45) is -4.09. The third kappa shape index (κ3) is 3.96. The lowest BCUT2D eigenvalue weighted by Crippen LogP contribution is -2.48. The van der Waals surface area contributed by atoms with Gasteiger partial charge >= 0.3 is 6.18 Å². The van der Waals surface area contributed by atoms with E-state index in [1.165, 1.54) is 12.1 Å². The molecule has 3 nitrogen and oxygen atoms in total. The number of aliphatic hydroxyl groups excluding tert-OH is 1. The van der Waals surface area contributed by atoms with Gasteiger partial charge in [0.15, 0.2) is 0 Å². The molecule has 1 atom stereocenters. The van der Waals surface area contributed by atoms with Crippen molar-refractivity contribution in [2.24, 2.45) is 0 Å². The molecule has 0 heterocycles. The summed E-state index contributed by atoms with van der Waals surface area (Å²) in [5, 5.41) is 11.7. The molecule has 2 N–H and O–H groups in total. The Labute approximate surface area is 123 Å². The van der Waals surface area contributed by atoms with Gasteiger partial charge < -0.3 is 10.4 Å². The van der Waals surface area contributed by atoms with Gasteiger partial charge in [0.2, 0.25) is 0 Å². The first-order chi connectivity index (χ1) is 9.13. The van der Waals surface area contributed by atoms with Crippen molar-refractivity contribution in [3.8, 4) is 0 Å². The summed E-state index contributed by atoms with van der Waals surface area (Å²) in [6.45, 7) is 3.09. The third-order valence-corrected chi connectivity index (χ3v) is 3.77. The molecule has 0 aliphatic heterocycles. The summed E-state index contributed by atoms with van der Waals surface area (Å²) in [5.41, 5.74) is -1.87. The highest BCUT2D eigenvalue weighted by Crippen LogP contribution is 2.35. The zero-order valence-electron chi connectivity index (χ0n) is 11.0. The molecule has 112 valence electrons. The summed E-state index contributed by atoms with van der Waals surface area (Å²) < 4.78 is 38.2. The highest BCUT2D eigenvalue weighted by molar-refractivity contribution is 9.10. The summed E-state index contributed by atoms with van der Waals surface area (Å²) >= 11 is 2.81. The number of carbonyl (C=O) groups is 1. The van der Waals surface area contributed by atoms with Crippen LogP contribution in [0.15, 0.2) is 22.7 Å². The first-order valence-corrected chi connectivity index (χ1v) is 6.72. The van der Waals surface area contributed by atoms with E-state index >= 15 is 0 Å². The van der Waals surface area contributed by atoms with E-state index in [2.05, 4.69) is 21.2 Å². The van der Waals surface area contributed by atoms with Gasteiger partial charge in [0, 0.05) is 10.0 Å². The number of hydrogen-bond donors (Lipinski definition) is 2. The van der Waals surface area contributed by atoms with E-state index in [-0.39, 0.29) is 16.6 Å². The van der Waals surface area contributed by atoms with Crippen LogP contribution in [0.1, 0.15) is 36.2 Å². The Morgan fingerprint density at radius 2 is 2.00 bits per heavy atom. The van der Waals surface area contributed by atoms with Crippen LogP contribution in [0, 0.1) is 0 Å². The van der Waals surface area contributed by atoms with Crippen molar-refractivity contribution in [3.05, 3.63) is 33.8 Å². The predicted molar refractivity (Wildman–Crippen MR) is 72.4 cm³/mol. The van der Waals surface area contributed by atoms with Crippen molar-refractivity contribution in [3.63, 3.8) is 0 Å². The topological polar surface area (TPSA) is 49.3 Å². The lowest BCUT2D eigenvalue weighted by molar-refractivity contribution is -0.138. The Morgan fingerprint density at radius 1 is 1.40 bits per heavy atom. The molecule has 0 aliphatic carbocycles. The molecule has 7 heteroatoms. The van der Waals surface area contributed by atoms with Crippen LogP contribution in [0.5, 0.6) is 0 Å². The molecular weight excluding hydrogens is 339 g/mol. The number of carbonyl (C=O) groups excluding carboxylic acids is 1. The average Bonchev–Trinajstić information content (AvgIpc) is 2.37. The number of halogens is 4. The Bertz CT molecular complexity index is 499. The van der Waals surface area contributed by atoms with Gasteiger partial charge in [-0.2, -0.15) is 13.2 Å². The van der Waals surface area contributed by atoms with Gasteiger partial charge in [-0.05, 0) is 31.5 Å². The number of amides is 1. The molecule has 0 bridgehead atoms. The molecule has 0 saturated heterocycles. The second-order valence-electron chi connectivity index (χ2n) is 4.72. The lowest BCUT2D eigenvalue weighted by atomic mass is 9.99. The minimum absolute atomic E-state index is 0.103. The van der Waals surface area contributed by atoms with Gasteiger partial charge in [0.25, 0.3) is 5.91 Å². The second-order valence-corrected chi connectivity index (χ2v) is 5.57. The molecule has 1 rings (SSSR count). The van der Waals surface area contributed by atoms with E-state index in [9.17, 15) is 23.1 Å². The fraction of sp³-hybridized carbons (Fsp3) is 0.462. The molecule has 0 radical (unpaired) electrons. The quantitative estimate of drug-likeness (QED) is 0.871. The number of rotatable bonds is 4. The zero-order valence-corrected chi connectivity index (χ0v) is 12.6. The van der Waals surface area contributed by atoms with Crippen molar-refractivity contribution in [1.29, 1.82) is 0 Å². The van der Waals surface area contributed by atoms with E-state index in [1.807, 2.05) is 0 Å². The van der Waals surface area contributed by atoms with Crippen LogP contribution in [-0.4, -0.2) is 23.2 Å². The van der Waals surface area contributed by atoms with Gasteiger partial charge in [-0.3, -0.25) is 4.79 Å². The van der Waals surface area contributed by atoms with Crippen molar-refractivity contribution in [2.75, 3.05) is 6.61 Å². The number of benzene rings is 1. The highest BCUT2D eigenvalue weighted by Gasteiger charge is 2.34. The normalized spacial score (nSPS) is 14.8. The molecule has 1 unspecified atom stereocenters. The molecule has 1 amide bonds. The highest BCUT2D eigenvalue weighted by atomic mass is 79.9. The molecule has 0 saturated carbocycles.